The lowest BCUT2D eigenvalue weighted by Crippen LogP contribution is -2.14. The first-order valence-electron chi connectivity index (χ1n) is 10.5. The van der Waals surface area contributed by atoms with Crippen LogP contribution in [0.1, 0.15) is 11.3 Å². The normalized spacial score (nSPS) is 10.8. The van der Waals surface area contributed by atoms with Crippen LogP contribution < -0.4 is 19.5 Å². The fourth-order valence-electron chi connectivity index (χ4n) is 3.18. The van der Waals surface area contributed by atoms with Gasteiger partial charge in [-0.2, -0.15) is 0 Å². The average Bonchev–Trinajstić information content (AvgIpc) is 3.24. The second-order valence-electron chi connectivity index (χ2n) is 7.31. The number of methoxy groups -OCH3 is 2. The Kier molecular flexibility index (Phi) is 7.51. The van der Waals surface area contributed by atoms with Crippen LogP contribution in [-0.4, -0.2) is 48.3 Å². The first-order valence-corrected chi connectivity index (χ1v) is 11.4. The van der Waals surface area contributed by atoms with Crippen molar-refractivity contribution < 1.29 is 23.7 Å². The molecule has 2 aromatic heterocycles. The van der Waals surface area contributed by atoms with Crippen molar-refractivity contribution in [3.8, 4) is 23.1 Å². The molecule has 34 heavy (non-hydrogen) atoms. The third kappa shape index (κ3) is 5.77. The zero-order valence-electron chi connectivity index (χ0n) is 19.0. The monoisotopic (exact) mass is 480 g/mol. The number of nitrogens with one attached hydrogen (secondary N) is 1. The topological polar surface area (TPSA) is 105 Å². The Morgan fingerprint density at radius 1 is 1.06 bits per heavy atom. The maximum Gasteiger partial charge on any atom is 0.230 e. The minimum atomic E-state index is -0.125. The molecule has 0 saturated heterocycles. The molecule has 10 heteroatoms. The summed E-state index contributed by atoms with van der Waals surface area (Å²) in [5.41, 5.74) is 2.39. The summed E-state index contributed by atoms with van der Waals surface area (Å²) in [6.45, 7) is 2.74. The third-order valence-corrected chi connectivity index (χ3v) is 5.67. The summed E-state index contributed by atoms with van der Waals surface area (Å²) in [6.07, 6.45) is 1.67. The second kappa shape index (κ2) is 10.9. The summed E-state index contributed by atoms with van der Waals surface area (Å²) in [5, 5.41) is 5.98. The van der Waals surface area contributed by atoms with Gasteiger partial charge in [0.25, 0.3) is 0 Å². The van der Waals surface area contributed by atoms with E-state index in [0.29, 0.717) is 52.4 Å². The Bertz CT molecular complexity index is 1280. The number of carbonyl (C=O) groups excluding carboxylic acids is 1. The van der Waals surface area contributed by atoms with Gasteiger partial charge in [-0.1, -0.05) is 12.1 Å². The van der Waals surface area contributed by atoms with Gasteiger partial charge in [-0.3, -0.25) is 4.79 Å². The number of ether oxygens (including phenoxy) is 4. The maximum atomic E-state index is 12.3. The molecule has 1 amide bonds. The van der Waals surface area contributed by atoms with Gasteiger partial charge in [-0.15, -0.1) is 11.3 Å². The minimum Gasteiger partial charge on any atom is -0.493 e. The van der Waals surface area contributed by atoms with Gasteiger partial charge in [-0.05, 0) is 30.7 Å². The molecule has 1 N–H and O–H groups in total. The number of carbonyl (C=O) groups is 1. The highest BCUT2D eigenvalue weighted by Crippen LogP contribution is 2.36. The van der Waals surface area contributed by atoms with Gasteiger partial charge < -0.3 is 24.3 Å². The van der Waals surface area contributed by atoms with Crippen LogP contribution in [0.3, 0.4) is 0 Å². The summed E-state index contributed by atoms with van der Waals surface area (Å²) in [4.78, 5) is 25.1. The highest BCUT2D eigenvalue weighted by Gasteiger charge is 2.14. The largest absolute Gasteiger partial charge is 0.493 e. The van der Waals surface area contributed by atoms with E-state index in [0.717, 1.165) is 11.3 Å². The van der Waals surface area contributed by atoms with Crippen LogP contribution in [0.15, 0.2) is 48.1 Å². The molecule has 0 unspecified atom stereocenters. The average molecular weight is 481 g/mol. The summed E-state index contributed by atoms with van der Waals surface area (Å²) < 4.78 is 22.2. The number of thiazole rings is 1. The predicted molar refractivity (Wildman–Crippen MR) is 129 cm³/mol. The van der Waals surface area contributed by atoms with Crippen LogP contribution in [0.5, 0.6) is 23.1 Å². The molecule has 0 bridgehead atoms. The molecule has 176 valence electrons. The zero-order chi connectivity index (χ0) is 23.9. The van der Waals surface area contributed by atoms with Crippen molar-refractivity contribution >= 4 is 33.3 Å². The highest BCUT2D eigenvalue weighted by molar-refractivity contribution is 7.13. The van der Waals surface area contributed by atoms with Gasteiger partial charge >= 0.3 is 0 Å². The number of fused-ring (bicyclic) bond motifs is 1. The van der Waals surface area contributed by atoms with E-state index in [1.165, 1.54) is 17.7 Å². The van der Waals surface area contributed by atoms with Crippen molar-refractivity contribution in [1.82, 2.24) is 15.0 Å². The molecule has 2 aromatic carbocycles. The van der Waals surface area contributed by atoms with Gasteiger partial charge in [0.2, 0.25) is 11.8 Å². The van der Waals surface area contributed by atoms with Crippen molar-refractivity contribution in [2.24, 2.45) is 0 Å². The summed E-state index contributed by atoms with van der Waals surface area (Å²) in [6, 6.07) is 10.8. The van der Waals surface area contributed by atoms with Crippen LogP contribution in [0.25, 0.3) is 10.9 Å². The number of anilines is 1. The fraction of sp³-hybridized carbons (Fsp3) is 0.250. The highest BCUT2D eigenvalue weighted by atomic mass is 32.1. The zero-order valence-corrected chi connectivity index (χ0v) is 19.8. The number of rotatable bonds is 10. The predicted octanol–water partition coefficient (Wildman–Crippen LogP) is 4.40. The second-order valence-corrected chi connectivity index (χ2v) is 8.16. The van der Waals surface area contributed by atoms with E-state index in [9.17, 15) is 4.79 Å². The lowest BCUT2D eigenvalue weighted by atomic mass is 10.1. The van der Waals surface area contributed by atoms with E-state index in [2.05, 4.69) is 20.3 Å². The number of benzene rings is 2. The van der Waals surface area contributed by atoms with E-state index >= 15 is 0 Å². The Balaban J connectivity index is 1.46. The van der Waals surface area contributed by atoms with Crippen LogP contribution in [-0.2, 0) is 16.0 Å². The Morgan fingerprint density at radius 2 is 1.88 bits per heavy atom. The maximum absolute atomic E-state index is 12.3. The Hall–Kier alpha value is -3.76. The smallest absolute Gasteiger partial charge is 0.230 e. The van der Waals surface area contributed by atoms with Crippen LogP contribution >= 0.6 is 11.3 Å². The van der Waals surface area contributed by atoms with E-state index in [1.54, 1.807) is 38.5 Å². The van der Waals surface area contributed by atoms with Crippen molar-refractivity contribution in [2.45, 2.75) is 13.3 Å². The minimum absolute atomic E-state index is 0.125. The van der Waals surface area contributed by atoms with E-state index in [-0.39, 0.29) is 12.3 Å². The molecule has 4 rings (SSSR count). The number of hydrogen-bond acceptors (Lipinski definition) is 9. The molecule has 0 aliphatic carbocycles. The molecule has 9 nitrogen and oxygen atoms in total. The Morgan fingerprint density at radius 3 is 2.59 bits per heavy atom. The van der Waals surface area contributed by atoms with Crippen molar-refractivity contribution in [3.05, 3.63) is 59.4 Å². The number of aryl methyl sites for hydroxylation is 1. The third-order valence-electron chi connectivity index (χ3n) is 4.80. The van der Waals surface area contributed by atoms with Crippen molar-refractivity contribution in [3.63, 3.8) is 0 Å². The molecular formula is C24H24N4O5S. The first-order chi connectivity index (χ1) is 16.6. The molecule has 0 radical (unpaired) electrons. The summed E-state index contributed by atoms with van der Waals surface area (Å²) in [7, 11) is 3.18. The molecule has 0 aliphatic rings. The SMILES string of the molecule is COCCOc1cc2ncnc(Oc3ccc(CC(=O)Nc4nc(C)cs4)cc3)c2cc1OC. The van der Waals surface area contributed by atoms with Gasteiger partial charge in [0.05, 0.1) is 36.7 Å². The molecule has 2 heterocycles. The molecular weight excluding hydrogens is 456 g/mol. The Labute approximate surface area is 200 Å². The van der Waals surface area contributed by atoms with Crippen molar-refractivity contribution in [2.75, 3.05) is 32.8 Å². The fourth-order valence-corrected chi connectivity index (χ4v) is 3.88. The van der Waals surface area contributed by atoms with Crippen LogP contribution in [0.2, 0.25) is 0 Å². The van der Waals surface area contributed by atoms with Gasteiger partial charge in [0.15, 0.2) is 16.6 Å². The number of hydrogen-bond donors (Lipinski definition) is 1. The first kappa shape index (κ1) is 23.4. The van der Waals surface area contributed by atoms with Crippen LogP contribution in [0.4, 0.5) is 5.13 Å². The number of nitrogens with zero attached hydrogens (tertiary/aromatic N) is 3. The van der Waals surface area contributed by atoms with E-state index < -0.39 is 0 Å². The standard InChI is InChI=1S/C24H24N4O5S/c1-15-13-34-24(27-15)28-22(29)10-16-4-6-17(7-5-16)33-23-18-11-20(31-3)21(32-9-8-30-2)12-19(18)25-14-26-23/h4-7,11-14H,8-10H2,1-3H3,(H,27,28,29). The van der Waals surface area contributed by atoms with Gasteiger partial charge in [0.1, 0.15) is 18.7 Å². The summed E-state index contributed by atoms with van der Waals surface area (Å²) >= 11 is 1.40. The lowest BCUT2D eigenvalue weighted by molar-refractivity contribution is -0.115. The summed E-state index contributed by atoms with van der Waals surface area (Å²) in [5.74, 6) is 1.95. The molecule has 0 spiro atoms. The quantitative estimate of drug-likeness (QED) is 0.333. The number of amides is 1. The molecule has 0 atom stereocenters. The lowest BCUT2D eigenvalue weighted by Gasteiger charge is -2.13. The van der Waals surface area contributed by atoms with Gasteiger partial charge in [-0.25, -0.2) is 15.0 Å². The van der Waals surface area contributed by atoms with E-state index in [4.69, 9.17) is 18.9 Å². The number of aromatic nitrogens is 3. The molecule has 4 aromatic rings. The molecule has 0 saturated carbocycles. The molecule has 0 fully saturated rings. The molecule has 0 aliphatic heterocycles. The van der Waals surface area contributed by atoms with Gasteiger partial charge in [0, 0.05) is 18.6 Å². The van der Waals surface area contributed by atoms with E-state index in [1.807, 2.05) is 24.4 Å². The van der Waals surface area contributed by atoms with Crippen LogP contribution in [0, 0.1) is 6.92 Å². The van der Waals surface area contributed by atoms with Crippen molar-refractivity contribution in [1.29, 1.82) is 0 Å².